The first kappa shape index (κ1) is 8.03. The third-order valence-electron chi connectivity index (χ3n) is 0.836. The van der Waals surface area contributed by atoms with Crippen LogP contribution in [-0.2, 0) is 0 Å². The van der Waals surface area contributed by atoms with Gasteiger partial charge in [-0.05, 0) is 18.7 Å². The summed E-state index contributed by atoms with van der Waals surface area (Å²) in [6.45, 7) is 1.95. The topological polar surface area (TPSA) is 27.0 Å². The molecule has 0 saturated carbocycles. The summed E-state index contributed by atoms with van der Waals surface area (Å²) in [6, 6.07) is 2.08. The zero-order chi connectivity index (χ0) is 7.28. The highest BCUT2D eigenvalue weighted by atomic mass is 15.0. The Morgan fingerprint density at radius 2 is 2.22 bits per heavy atom. The van der Waals surface area contributed by atoms with Crippen LogP contribution < -0.4 is 0 Å². The Morgan fingerprint density at radius 1 is 1.67 bits per heavy atom. The van der Waals surface area contributed by atoms with Crippen LogP contribution in [0.15, 0.2) is 11.8 Å². The van der Waals surface area contributed by atoms with Gasteiger partial charge in [0, 0.05) is 14.1 Å². The molecule has 50 valence electrons. The van der Waals surface area contributed by atoms with E-state index in [-0.39, 0.29) is 0 Å². The quantitative estimate of drug-likeness (QED) is 0.556. The minimum absolute atomic E-state index is 0.526. The van der Waals surface area contributed by atoms with E-state index in [1.165, 1.54) is 0 Å². The lowest BCUT2D eigenvalue weighted by Gasteiger charge is -2.04. The third-order valence-corrected chi connectivity index (χ3v) is 0.836. The number of hydrogen-bond donors (Lipinski definition) is 0. The van der Waals surface area contributed by atoms with Gasteiger partial charge in [0.25, 0.3) is 0 Å². The lowest BCUT2D eigenvalue weighted by Crippen LogP contribution is -2.01. The van der Waals surface area contributed by atoms with Gasteiger partial charge in [0.15, 0.2) is 0 Å². The second-order valence-electron chi connectivity index (χ2n) is 2.27. The van der Waals surface area contributed by atoms with Crippen LogP contribution in [-0.4, -0.2) is 19.0 Å². The fraction of sp³-hybridized carbons (Fsp3) is 0.571. The first-order chi connectivity index (χ1) is 4.16. The molecule has 0 aromatic rings. The largest absolute Gasteiger partial charge is 0.384 e. The van der Waals surface area contributed by atoms with Crippen molar-refractivity contribution in [2.45, 2.75) is 13.3 Å². The van der Waals surface area contributed by atoms with Crippen molar-refractivity contribution in [1.29, 1.82) is 5.26 Å². The van der Waals surface area contributed by atoms with Crippen molar-refractivity contribution < 1.29 is 0 Å². The third kappa shape index (κ3) is 4.89. The molecule has 0 atom stereocenters. The number of allylic oxidation sites excluding steroid dienone is 1. The molecule has 0 aliphatic heterocycles. The predicted octanol–water partition coefficient (Wildman–Crippen LogP) is 1.37. The number of nitrogens with zero attached hydrogens (tertiary/aromatic N) is 2. The first-order valence-electron chi connectivity index (χ1n) is 2.87. The molecule has 0 amide bonds. The molecule has 0 fully saturated rings. The number of rotatable bonds is 2. The molecule has 9 heavy (non-hydrogen) atoms. The summed E-state index contributed by atoms with van der Waals surface area (Å²) in [5.41, 5.74) is 1.10. The van der Waals surface area contributed by atoms with Crippen LogP contribution in [0.3, 0.4) is 0 Å². The monoisotopic (exact) mass is 124 g/mol. The first-order valence-corrected chi connectivity index (χ1v) is 2.87. The minimum Gasteiger partial charge on any atom is -0.384 e. The van der Waals surface area contributed by atoms with E-state index in [4.69, 9.17) is 5.26 Å². The van der Waals surface area contributed by atoms with E-state index in [1.54, 1.807) is 0 Å². The molecule has 0 N–H and O–H groups in total. The van der Waals surface area contributed by atoms with Crippen LogP contribution in [0.2, 0.25) is 0 Å². The molecule has 0 aromatic heterocycles. The Kier molecular flexibility index (Phi) is 3.54. The van der Waals surface area contributed by atoms with Crippen molar-refractivity contribution in [3.63, 3.8) is 0 Å². The predicted molar refractivity (Wildman–Crippen MR) is 37.7 cm³/mol. The zero-order valence-electron chi connectivity index (χ0n) is 6.18. The van der Waals surface area contributed by atoms with Gasteiger partial charge in [0.05, 0.1) is 12.5 Å². The van der Waals surface area contributed by atoms with Crippen LogP contribution in [0.1, 0.15) is 13.3 Å². The highest BCUT2D eigenvalue weighted by molar-refractivity contribution is 5.02. The molecule has 0 saturated heterocycles. The molecule has 2 nitrogen and oxygen atoms in total. The molecule has 0 aliphatic rings. The molecule has 0 aromatic carbocycles. The van der Waals surface area contributed by atoms with Gasteiger partial charge in [-0.3, -0.25) is 0 Å². The highest BCUT2D eigenvalue weighted by Crippen LogP contribution is 1.97. The summed E-state index contributed by atoms with van der Waals surface area (Å²) >= 11 is 0. The maximum absolute atomic E-state index is 8.24. The van der Waals surface area contributed by atoms with Gasteiger partial charge in [-0.1, -0.05) is 0 Å². The van der Waals surface area contributed by atoms with E-state index in [9.17, 15) is 0 Å². The Morgan fingerprint density at radius 3 is 2.56 bits per heavy atom. The van der Waals surface area contributed by atoms with E-state index < -0.39 is 0 Å². The Bertz CT molecular complexity index is 139. The maximum atomic E-state index is 8.24. The van der Waals surface area contributed by atoms with Crippen LogP contribution in [0, 0.1) is 11.3 Å². The van der Waals surface area contributed by atoms with Crippen molar-refractivity contribution in [2.75, 3.05) is 14.1 Å². The molecular formula is C7H12N2. The fourth-order valence-corrected chi connectivity index (χ4v) is 0.611. The van der Waals surface area contributed by atoms with E-state index in [0.717, 1.165) is 5.57 Å². The van der Waals surface area contributed by atoms with Gasteiger partial charge in [0.1, 0.15) is 0 Å². The number of nitriles is 1. The van der Waals surface area contributed by atoms with E-state index in [1.807, 2.05) is 32.1 Å². The summed E-state index contributed by atoms with van der Waals surface area (Å²) < 4.78 is 0. The summed E-state index contributed by atoms with van der Waals surface area (Å²) in [5.74, 6) is 0. The zero-order valence-corrected chi connectivity index (χ0v) is 6.18. The number of hydrogen-bond acceptors (Lipinski definition) is 2. The molecule has 2 heteroatoms. The standard InChI is InChI=1S/C7H12N2/c1-7(4-5-8)6-9(2)3/h6H,4H2,1-3H3/b7-6+. The Labute approximate surface area is 56.4 Å². The Hall–Kier alpha value is -0.970. The summed E-state index contributed by atoms with van der Waals surface area (Å²) in [7, 11) is 3.89. The molecular weight excluding hydrogens is 112 g/mol. The van der Waals surface area contributed by atoms with Crippen LogP contribution in [0.25, 0.3) is 0 Å². The fourth-order valence-electron chi connectivity index (χ4n) is 0.611. The van der Waals surface area contributed by atoms with Gasteiger partial charge >= 0.3 is 0 Å². The summed E-state index contributed by atoms with van der Waals surface area (Å²) in [5, 5.41) is 8.24. The summed E-state index contributed by atoms with van der Waals surface area (Å²) in [6.07, 6.45) is 2.47. The van der Waals surface area contributed by atoms with E-state index in [2.05, 4.69) is 6.07 Å². The van der Waals surface area contributed by atoms with E-state index in [0.29, 0.717) is 6.42 Å². The second kappa shape index (κ2) is 3.96. The molecule has 0 spiro atoms. The average molecular weight is 124 g/mol. The van der Waals surface area contributed by atoms with Gasteiger partial charge in [-0.2, -0.15) is 5.26 Å². The smallest absolute Gasteiger partial charge is 0.0666 e. The lowest BCUT2D eigenvalue weighted by molar-refractivity contribution is 0.557. The van der Waals surface area contributed by atoms with Crippen molar-refractivity contribution in [3.8, 4) is 6.07 Å². The normalized spacial score (nSPS) is 10.7. The van der Waals surface area contributed by atoms with Gasteiger partial charge < -0.3 is 4.90 Å². The average Bonchev–Trinajstić information content (AvgIpc) is 1.63. The van der Waals surface area contributed by atoms with Gasteiger partial charge in [0.2, 0.25) is 0 Å². The molecule has 0 radical (unpaired) electrons. The molecule has 0 aliphatic carbocycles. The van der Waals surface area contributed by atoms with Crippen molar-refractivity contribution >= 4 is 0 Å². The van der Waals surface area contributed by atoms with Crippen LogP contribution in [0.5, 0.6) is 0 Å². The van der Waals surface area contributed by atoms with Crippen molar-refractivity contribution in [3.05, 3.63) is 11.8 Å². The minimum atomic E-state index is 0.526. The van der Waals surface area contributed by atoms with Crippen molar-refractivity contribution in [1.82, 2.24) is 4.90 Å². The molecule has 0 bridgehead atoms. The lowest BCUT2D eigenvalue weighted by atomic mass is 10.2. The van der Waals surface area contributed by atoms with Gasteiger partial charge in [-0.25, -0.2) is 0 Å². The van der Waals surface area contributed by atoms with Gasteiger partial charge in [-0.15, -0.1) is 0 Å². The van der Waals surface area contributed by atoms with Crippen LogP contribution in [0.4, 0.5) is 0 Å². The maximum Gasteiger partial charge on any atom is 0.0666 e. The molecule has 0 heterocycles. The highest BCUT2D eigenvalue weighted by Gasteiger charge is 1.85. The van der Waals surface area contributed by atoms with Crippen molar-refractivity contribution in [2.24, 2.45) is 0 Å². The second-order valence-corrected chi connectivity index (χ2v) is 2.27. The van der Waals surface area contributed by atoms with E-state index >= 15 is 0 Å². The SMILES string of the molecule is C/C(=C\N(C)C)CC#N. The Balaban J connectivity index is 3.72. The molecule has 0 rings (SSSR count). The summed E-state index contributed by atoms with van der Waals surface area (Å²) in [4.78, 5) is 1.94. The molecule has 0 unspecified atom stereocenters. The van der Waals surface area contributed by atoms with Crippen LogP contribution >= 0.6 is 0 Å².